The average molecular weight is 1180 g/mol. The topological polar surface area (TPSA) is 56.2 Å². The van der Waals surface area contributed by atoms with Crippen LogP contribution in [0.5, 0.6) is 0 Å². The first-order valence-electron chi connectivity index (χ1n) is 24.6. The Morgan fingerprint density at radius 1 is 0.526 bits per heavy atom. The van der Waals surface area contributed by atoms with Gasteiger partial charge in [0, 0.05) is 57.8 Å². The molecule has 0 fully saturated rings. The monoisotopic (exact) mass is 1180 g/mol. The molecule has 0 aliphatic rings. The van der Waals surface area contributed by atoms with Crippen molar-refractivity contribution in [1.29, 1.82) is 0 Å². The van der Waals surface area contributed by atoms with E-state index in [1.165, 1.54) is 11.1 Å². The fourth-order valence-electron chi connectivity index (χ4n) is 9.45. The number of pyridine rings is 3. The van der Waals surface area contributed by atoms with E-state index in [0.29, 0.717) is 11.3 Å². The van der Waals surface area contributed by atoms with Gasteiger partial charge in [-0.1, -0.05) is 164 Å². The Balaban J connectivity index is 0.000000185. The second-order valence-corrected chi connectivity index (χ2v) is 19.6. The maximum atomic E-state index is 14.9. The normalized spacial score (nSPS) is 11.3. The summed E-state index contributed by atoms with van der Waals surface area (Å²) in [5, 5.41) is 3.99. The Bertz CT molecular complexity index is 3990. The van der Waals surface area contributed by atoms with E-state index in [0.717, 1.165) is 118 Å². The van der Waals surface area contributed by atoms with Crippen LogP contribution in [0, 0.1) is 75.7 Å². The molecule has 376 valence electrons. The first-order valence-corrected chi connectivity index (χ1v) is 24.6. The van der Waals surface area contributed by atoms with Crippen LogP contribution in [0.3, 0.4) is 0 Å². The van der Waals surface area contributed by atoms with E-state index in [9.17, 15) is 17.6 Å². The van der Waals surface area contributed by atoms with Crippen LogP contribution in [0.2, 0.25) is 0 Å². The van der Waals surface area contributed by atoms with Crippen molar-refractivity contribution in [1.82, 2.24) is 15.0 Å². The fraction of sp³-hybridized carbons (Fsp3) is 0.152. The minimum Gasteiger partial charge on any atom is -0.491 e. The predicted octanol–water partition coefficient (Wildman–Crippen LogP) is 18.6. The molecule has 0 N–H and O–H groups in total. The zero-order valence-corrected chi connectivity index (χ0v) is 45.4. The molecule has 0 bridgehead atoms. The number of aromatic nitrogens is 3. The van der Waals surface area contributed by atoms with Crippen molar-refractivity contribution in [3.8, 4) is 67.3 Å². The molecular weight excluding hydrogens is 1130 g/mol. The summed E-state index contributed by atoms with van der Waals surface area (Å²) >= 11 is 0. The molecule has 0 saturated heterocycles. The third-order valence-corrected chi connectivity index (χ3v) is 13.8. The summed E-state index contributed by atoms with van der Waals surface area (Å²) < 4.78 is 63.9. The van der Waals surface area contributed by atoms with Gasteiger partial charge in [0.1, 0.15) is 5.58 Å². The number of fused-ring (bicyclic) bond motifs is 5. The van der Waals surface area contributed by atoms with Crippen LogP contribution in [-0.4, -0.2) is 15.0 Å². The maximum absolute atomic E-state index is 14.9. The Kier molecular flexibility index (Phi) is 15.0. The molecule has 10 heteroatoms. The van der Waals surface area contributed by atoms with Crippen LogP contribution in [0.4, 0.5) is 23.2 Å². The molecule has 0 unspecified atom stereocenters. The van der Waals surface area contributed by atoms with Gasteiger partial charge in [0.15, 0.2) is 5.69 Å². The van der Waals surface area contributed by atoms with Crippen LogP contribution in [0.1, 0.15) is 72.9 Å². The molecule has 76 heavy (non-hydrogen) atoms. The quantitative estimate of drug-likeness (QED) is 0.112. The van der Waals surface area contributed by atoms with Gasteiger partial charge < -0.3 is 9.40 Å². The molecule has 5 nitrogen and oxygen atoms in total. The van der Waals surface area contributed by atoms with E-state index < -0.39 is 23.3 Å². The largest absolute Gasteiger partial charge is 3.00 e. The molecule has 4 aromatic heterocycles. The molecular formula is C66H49F4IrN4O. The zero-order valence-electron chi connectivity index (χ0n) is 43.0. The summed E-state index contributed by atoms with van der Waals surface area (Å²) in [6.45, 7) is 24.1. The fourth-order valence-corrected chi connectivity index (χ4v) is 9.45. The first-order chi connectivity index (χ1) is 36.0. The van der Waals surface area contributed by atoms with E-state index in [1.54, 1.807) is 12.1 Å². The Hall–Kier alpha value is -8.09. The van der Waals surface area contributed by atoms with Gasteiger partial charge in [-0.3, -0.25) is 27.5 Å². The van der Waals surface area contributed by atoms with E-state index >= 15 is 0 Å². The second-order valence-electron chi connectivity index (χ2n) is 19.6. The van der Waals surface area contributed by atoms with Crippen LogP contribution < -0.4 is 0 Å². The molecule has 0 amide bonds. The third kappa shape index (κ3) is 10.3. The molecule has 0 aliphatic carbocycles. The molecule has 0 radical (unpaired) electrons. The van der Waals surface area contributed by atoms with Crippen LogP contribution in [-0.2, 0) is 20.1 Å². The van der Waals surface area contributed by atoms with Gasteiger partial charge in [-0.05, 0) is 112 Å². The molecule has 0 saturated carbocycles. The molecule has 0 atom stereocenters. The average Bonchev–Trinajstić information content (AvgIpc) is 3.79. The van der Waals surface area contributed by atoms with Crippen molar-refractivity contribution in [3.63, 3.8) is 0 Å². The van der Waals surface area contributed by atoms with Crippen LogP contribution >= 0.6 is 0 Å². The Labute approximate surface area is 453 Å². The molecule has 0 spiro atoms. The molecule has 7 aromatic carbocycles. The number of aryl methyl sites for hydroxylation is 4. The first kappa shape index (κ1) is 52.8. The summed E-state index contributed by atoms with van der Waals surface area (Å²) in [6.07, 6.45) is 3.81. The predicted molar refractivity (Wildman–Crippen MR) is 293 cm³/mol. The number of hydrogen-bond donors (Lipinski definition) is 0. The maximum Gasteiger partial charge on any atom is 3.00 e. The number of rotatable bonds is 8. The van der Waals surface area contributed by atoms with Crippen molar-refractivity contribution in [2.75, 3.05) is 0 Å². The molecule has 11 rings (SSSR count). The van der Waals surface area contributed by atoms with Gasteiger partial charge in [-0.15, -0.1) is 36.4 Å². The van der Waals surface area contributed by atoms with Crippen molar-refractivity contribution in [2.45, 2.75) is 67.2 Å². The van der Waals surface area contributed by atoms with E-state index in [1.807, 2.05) is 48.8 Å². The van der Waals surface area contributed by atoms with Crippen LogP contribution in [0.25, 0.3) is 105 Å². The van der Waals surface area contributed by atoms with Gasteiger partial charge in [0.25, 0.3) is 0 Å². The third-order valence-electron chi connectivity index (χ3n) is 13.8. The number of benzene rings is 7. The zero-order chi connectivity index (χ0) is 52.8. The van der Waals surface area contributed by atoms with Crippen molar-refractivity contribution >= 4 is 38.4 Å². The van der Waals surface area contributed by atoms with Gasteiger partial charge in [-0.2, -0.15) is 0 Å². The van der Waals surface area contributed by atoms with Crippen molar-refractivity contribution in [2.24, 2.45) is 0 Å². The van der Waals surface area contributed by atoms with Gasteiger partial charge in [0.2, 0.25) is 0 Å². The summed E-state index contributed by atoms with van der Waals surface area (Å²) in [5.74, 6) is -3.00. The van der Waals surface area contributed by atoms with Crippen LogP contribution in [0.15, 0.2) is 144 Å². The van der Waals surface area contributed by atoms with Gasteiger partial charge >= 0.3 is 20.1 Å². The number of halogens is 4. The summed E-state index contributed by atoms with van der Waals surface area (Å²) in [5.41, 5.74) is 16.3. The minimum absolute atomic E-state index is 0. The smallest absolute Gasteiger partial charge is 0.491 e. The Morgan fingerprint density at radius 3 is 1.64 bits per heavy atom. The minimum atomic E-state index is -0.841. The molecule has 4 heterocycles. The number of hydrogen-bond acceptors (Lipinski definition) is 4. The number of furan rings is 1. The SMILES string of the molecule is CC(C)c1cc(-c2ccccc2)cc(C(C)C)c1-c1cc(-c2[c-]cc(F)cc2F)nc(-c2[c-]cc(F)cc2F)c1.[C-]#[N+]c1ccc2c(ccc3c4cc(-c5cc(C)c(C)cn5)[c-]c(-c5cc(C)c(C)cn5)c4oc23)c1.[Ir+3]. The van der Waals surface area contributed by atoms with Gasteiger partial charge in [0.05, 0.1) is 12.2 Å². The summed E-state index contributed by atoms with van der Waals surface area (Å²) in [4.78, 5) is 17.5. The van der Waals surface area contributed by atoms with Gasteiger partial charge in [-0.25, -0.2) is 4.85 Å². The van der Waals surface area contributed by atoms with E-state index in [2.05, 4.69) is 138 Å². The Morgan fingerprint density at radius 2 is 1.09 bits per heavy atom. The molecule has 0 aliphatic heterocycles. The molecule has 11 aromatic rings. The van der Waals surface area contributed by atoms with E-state index in [4.69, 9.17) is 21.0 Å². The summed E-state index contributed by atoms with van der Waals surface area (Å²) in [7, 11) is 0. The number of nitrogens with zero attached hydrogens (tertiary/aromatic N) is 4. The summed E-state index contributed by atoms with van der Waals surface area (Å²) in [6, 6.07) is 46.4. The standard InChI is InChI=1S/C35H27F4N.C31H22N3O.Ir/c1-20(2)29-14-23(22-8-6-5-7-9-22)15-30(21(3)4)35(29)24-16-33(27-12-10-25(36)18-31(27)38)40-34(17-24)28-13-11-26(37)19-32(28)39;1-17-10-28(33-15-19(17)3)22-13-26-25-8-6-21-12-23(32-5)7-9-24(21)30(25)35-31(26)27(14-22)29-11-18(2)20(4)16-34-29;/h5-11,14-21H,1-4H3;6-13,15-16H,1-4H3;/q-2;-1;+3. The second kappa shape index (κ2) is 21.6. The van der Waals surface area contributed by atoms with Crippen molar-refractivity contribution in [3.05, 3.63) is 226 Å². The van der Waals surface area contributed by atoms with Crippen molar-refractivity contribution < 1.29 is 42.1 Å². The van der Waals surface area contributed by atoms with E-state index in [-0.39, 0.29) is 54.5 Å².